The predicted octanol–water partition coefficient (Wildman–Crippen LogP) is 1.55. The molecule has 0 aliphatic carbocycles. The van der Waals surface area contributed by atoms with Crippen molar-refractivity contribution in [1.29, 1.82) is 0 Å². The second kappa shape index (κ2) is 10.2. The lowest BCUT2D eigenvalue weighted by molar-refractivity contribution is 0.0911. The van der Waals surface area contributed by atoms with Gasteiger partial charge in [0.15, 0.2) is 0 Å². The number of rotatable bonds is 8. The van der Waals surface area contributed by atoms with E-state index in [-0.39, 0.29) is 24.9 Å². The second-order valence-electron chi connectivity index (χ2n) is 5.04. The van der Waals surface area contributed by atoms with Gasteiger partial charge in [-0.05, 0) is 24.2 Å². The van der Waals surface area contributed by atoms with E-state index in [1.807, 2.05) is 0 Å². The van der Waals surface area contributed by atoms with Crippen LogP contribution in [0.1, 0.15) is 27.2 Å². The number of carbonyl (C=O) groups excluding carboxylic acids is 1. The summed E-state index contributed by atoms with van der Waals surface area (Å²) in [7, 11) is 3.07. The van der Waals surface area contributed by atoms with Crippen LogP contribution in [0.4, 0.5) is 0 Å². The third kappa shape index (κ3) is 5.86. The molecule has 1 unspecified atom stereocenters. The Morgan fingerprint density at radius 2 is 1.96 bits per heavy atom. The second-order valence-corrected chi connectivity index (χ2v) is 5.98. The van der Waals surface area contributed by atoms with Gasteiger partial charge in [-0.2, -0.15) is 0 Å². The molecule has 1 aromatic heterocycles. The Morgan fingerprint density at radius 1 is 1.32 bits per heavy atom. The molecular weight excluding hydrogens is 366 g/mol. The minimum Gasteiger partial charge on any atom is -0.497 e. The zero-order valence-corrected chi connectivity index (χ0v) is 15.7. The van der Waals surface area contributed by atoms with Crippen molar-refractivity contribution >= 4 is 29.7 Å². The van der Waals surface area contributed by atoms with Gasteiger partial charge in [-0.25, -0.2) is 4.98 Å². The molecule has 2 rings (SSSR count). The first-order chi connectivity index (χ1) is 11.6. The van der Waals surface area contributed by atoms with Crippen LogP contribution in [0, 0.1) is 0 Å². The van der Waals surface area contributed by atoms with E-state index in [4.69, 9.17) is 15.2 Å². The summed E-state index contributed by atoms with van der Waals surface area (Å²) in [5.41, 5.74) is 6.39. The number of methoxy groups -OCH3 is 2. The zero-order chi connectivity index (χ0) is 17.5. The molecule has 138 valence electrons. The largest absolute Gasteiger partial charge is 0.497 e. The summed E-state index contributed by atoms with van der Waals surface area (Å²) in [6.07, 6.45) is -0.246. The minimum atomic E-state index is -0.889. The van der Waals surface area contributed by atoms with Crippen molar-refractivity contribution in [3.63, 3.8) is 0 Å². The van der Waals surface area contributed by atoms with Crippen LogP contribution in [0.15, 0.2) is 23.6 Å². The van der Waals surface area contributed by atoms with Crippen LogP contribution in [0.3, 0.4) is 0 Å². The first kappa shape index (κ1) is 21.2. The molecular formula is C16H22ClN3O4S. The number of nitrogens with two attached hydrogens (primary N) is 1. The number of halogens is 1. The van der Waals surface area contributed by atoms with Crippen LogP contribution in [-0.2, 0) is 6.42 Å². The van der Waals surface area contributed by atoms with E-state index in [2.05, 4.69) is 10.3 Å². The Bertz CT molecular complexity index is 674. The summed E-state index contributed by atoms with van der Waals surface area (Å²) in [4.78, 5) is 16.3. The number of nitrogens with one attached hydrogen (secondary N) is 1. The number of hydrogen-bond donors (Lipinski definition) is 3. The van der Waals surface area contributed by atoms with E-state index < -0.39 is 6.10 Å². The summed E-state index contributed by atoms with van der Waals surface area (Å²) >= 11 is 1.40. The number of nitrogens with zero attached hydrogens (tertiary/aromatic N) is 1. The minimum absolute atomic E-state index is 0. The van der Waals surface area contributed by atoms with Crippen molar-refractivity contribution in [1.82, 2.24) is 10.3 Å². The summed E-state index contributed by atoms with van der Waals surface area (Å²) in [6.45, 7) is 0.545. The Balaban J connectivity index is 0.00000312. The highest BCUT2D eigenvalue weighted by Crippen LogP contribution is 2.26. The first-order valence-electron chi connectivity index (χ1n) is 7.41. The van der Waals surface area contributed by atoms with Crippen LogP contribution in [0.5, 0.6) is 11.5 Å². The molecule has 1 amide bonds. The number of hydrogen-bond acceptors (Lipinski definition) is 7. The number of carbonyl (C=O) groups is 1. The number of amides is 1. The zero-order valence-electron chi connectivity index (χ0n) is 14.0. The van der Waals surface area contributed by atoms with E-state index in [1.54, 1.807) is 23.6 Å². The van der Waals surface area contributed by atoms with Crippen molar-refractivity contribution in [2.24, 2.45) is 5.73 Å². The molecule has 0 aliphatic heterocycles. The van der Waals surface area contributed by atoms with Gasteiger partial charge >= 0.3 is 0 Å². The van der Waals surface area contributed by atoms with E-state index in [9.17, 15) is 9.90 Å². The van der Waals surface area contributed by atoms with Crippen LogP contribution >= 0.6 is 23.7 Å². The Morgan fingerprint density at radius 3 is 2.52 bits per heavy atom. The first-order valence-corrected chi connectivity index (χ1v) is 8.29. The molecule has 2 aromatic rings. The summed E-state index contributed by atoms with van der Waals surface area (Å²) in [5, 5.41) is 15.5. The third-order valence-corrected chi connectivity index (χ3v) is 4.27. The highest BCUT2D eigenvalue weighted by molar-refractivity contribution is 7.09. The maximum Gasteiger partial charge on any atom is 0.270 e. The van der Waals surface area contributed by atoms with Gasteiger partial charge in [0.1, 0.15) is 17.2 Å². The number of thiazole rings is 1. The lowest BCUT2D eigenvalue weighted by Gasteiger charge is -2.14. The molecule has 9 heteroatoms. The van der Waals surface area contributed by atoms with Gasteiger partial charge in [0.25, 0.3) is 5.91 Å². The average molecular weight is 388 g/mol. The topological polar surface area (TPSA) is 107 Å². The highest BCUT2D eigenvalue weighted by atomic mass is 35.5. The normalized spacial score (nSPS) is 11.4. The number of ether oxygens (including phenoxy) is 2. The van der Waals surface area contributed by atoms with Crippen molar-refractivity contribution in [3.8, 4) is 11.5 Å². The van der Waals surface area contributed by atoms with Crippen molar-refractivity contribution < 1.29 is 19.4 Å². The molecule has 1 atom stereocenters. The van der Waals surface area contributed by atoms with E-state index >= 15 is 0 Å². The van der Waals surface area contributed by atoms with Crippen LogP contribution in [0.25, 0.3) is 0 Å². The smallest absolute Gasteiger partial charge is 0.270 e. The van der Waals surface area contributed by atoms with Crippen molar-refractivity contribution in [2.45, 2.75) is 12.5 Å². The lowest BCUT2D eigenvalue weighted by atomic mass is 10.1. The molecule has 0 saturated heterocycles. The number of aliphatic hydroxyl groups excluding tert-OH is 1. The molecule has 1 heterocycles. The number of aromatic nitrogens is 1. The van der Waals surface area contributed by atoms with E-state index in [0.29, 0.717) is 35.7 Å². The Kier molecular flexibility index (Phi) is 8.64. The molecule has 0 spiro atoms. The van der Waals surface area contributed by atoms with Crippen LogP contribution < -0.4 is 20.5 Å². The fraction of sp³-hybridized carbons (Fsp3) is 0.375. The van der Waals surface area contributed by atoms with Gasteiger partial charge in [0.2, 0.25) is 0 Å². The van der Waals surface area contributed by atoms with Gasteiger partial charge in [0, 0.05) is 24.4 Å². The summed E-state index contributed by atoms with van der Waals surface area (Å²) in [5.74, 6) is 0.810. The van der Waals surface area contributed by atoms with Gasteiger partial charge in [-0.1, -0.05) is 0 Å². The van der Waals surface area contributed by atoms with Gasteiger partial charge in [0.05, 0.1) is 25.3 Å². The number of benzene rings is 1. The van der Waals surface area contributed by atoms with Crippen LogP contribution in [-0.4, -0.2) is 43.3 Å². The maximum absolute atomic E-state index is 12.1. The molecule has 0 fully saturated rings. The standard InChI is InChI=1S/C16H21N3O4S.ClH/c1-22-11-5-10(6-12(7-11)23-2)14(20)8-18-16(21)13-9-24-15(19-13)3-4-17;/h5-7,9,14,20H,3-4,8,17H2,1-2H3,(H,18,21);1H. The highest BCUT2D eigenvalue weighted by Gasteiger charge is 2.15. The molecule has 4 N–H and O–H groups in total. The number of aliphatic hydroxyl groups is 1. The van der Waals surface area contributed by atoms with Crippen molar-refractivity contribution in [2.75, 3.05) is 27.3 Å². The predicted molar refractivity (Wildman–Crippen MR) is 99.0 cm³/mol. The fourth-order valence-electron chi connectivity index (χ4n) is 2.07. The fourth-order valence-corrected chi connectivity index (χ4v) is 2.87. The van der Waals surface area contributed by atoms with Crippen molar-refractivity contribution in [3.05, 3.63) is 39.8 Å². The van der Waals surface area contributed by atoms with Gasteiger partial charge in [-0.3, -0.25) is 4.79 Å². The van der Waals surface area contributed by atoms with Gasteiger partial charge < -0.3 is 25.6 Å². The Hall–Kier alpha value is -1.87. The average Bonchev–Trinajstić information content (AvgIpc) is 3.07. The molecule has 25 heavy (non-hydrogen) atoms. The maximum atomic E-state index is 12.1. The summed E-state index contributed by atoms with van der Waals surface area (Å²) < 4.78 is 10.3. The molecule has 1 aromatic carbocycles. The quantitative estimate of drug-likeness (QED) is 0.634. The molecule has 0 saturated carbocycles. The Labute approximate surface area is 156 Å². The monoisotopic (exact) mass is 387 g/mol. The third-order valence-electron chi connectivity index (χ3n) is 3.36. The molecule has 0 radical (unpaired) electrons. The lowest BCUT2D eigenvalue weighted by Crippen LogP contribution is -2.28. The molecule has 0 bridgehead atoms. The van der Waals surface area contributed by atoms with Crippen LogP contribution in [0.2, 0.25) is 0 Å². The summed E-state index contributed by atoms with van der Waals surface area (Å²) in [6, 6.07) is 5.10. The van der Waals surface area contributed by atoms with Gasteiger partial charge in [-0.15, -0.1) is 23.7 Å². The SMILES string of the molecule is COc1cc(OC)cc(C(O)CNC(=O)c2csc(CCN)n2)c1.Cl. The molecule has 0 aliphatic rings. The van der Waals surface area contributed by atoms with E-state index in [0.717, 1.165) is 5.01 Å². The molecule has 7 nitrogen and oxygen atoms in total. The van der Waals surface area contributed by atoms with E-state index in [1.165, 1.54) is 25.6 Å².